The maximum Gasteiger partial charge on any atom is 0.343 e. The Bertz CT molecular complexity index is 503. The second-order valence-electron chi connectivity index (χ2n) is 4.87. The number of benzene rings is 1. The number of anilines is 1. The molecule has 1 aromatic rings. The Hall–Kier alpha value is -2.04. The smallest absolute Gasteiger partial charge is 0.293 e. The van der Waals surface area contributed by atoms with E-state index in [1.54, 1.807) is 14.9 Å². The summed E-state index contributed by atoms with van der Waals surface area (Å²) in [5.74, 6) is 0.0516. The lowest BCUT2D eigenvalue weighted by molar-refractivity contribution is -0.135. The van der Waals surface area contributed by atoms with E-state index in [1.807, 2.05) is 37.3 Å². The lowest BCUT2D eigenvalue weighted by Crippen LogP contribution is -2.57. The van der Waals surface area contributed by atoms with Gasteiger partial charge in [-0.25, -0.2) is 9.80 Å². The Morgan fingerprint density at radius 3 is 2.63 bits per heavy atom. The summed E-state index contributed by atoms with van der Waals surface area (Å²) in [5.41, 5.74) is 0.890. The van der Waals surface area contributed by atoms with Gasteiger partial charge in [-0.05, 0) is 25.5 Å². The molecular weight excluding hydrogens is 242 g/mol. The van der Waals surface area contributed by atoms with Gasteiger partial charge in [-0.3, -0.25) is 14.7 Å². The van der Waals surface area contributed by atoms with E-state index in [-0.39, 0.29) is 18.0 Å². The summed E-state index contributed by atoms with van der Waals surface area (Å²) in [6.07, 6.45) is 1.30. The van der Waals surface area contributed by atoms with Crippen LogP contribution in [0.5, 0.6) is 0 Å². The highest BCUT2D eigenvalue weighted by molar-refractivity contribution is 5.96. The number of para-hydroxylation sites is 1. The Morgan fingerprint density at radius 2 is 1.95 bits per heavy atom. The molecule has 2 fully saturated rings. The van der Waals surface area contributed by atoms with Gasteiger partial charge in [0.2, 0.25) is 5.91 Å². The number of nitrogens with zero attached hydrogens (tertiary/aromatic N) is 3. The number of carbonyl (C=O) groups excluding carboxylic acids is 2. The number of hydrogen-bond acceptors (Lipinski definition) is 2. The van der Waals surface area contributed by atoms with Crippen molar-refractivity contribution in [3.63, 3.8) is 0 Å². The molecule has 2 aliphatic rings. The molecule has 0 aliphatic carbocycles. The van der Waals surface area contributed by atoms with Gasteiger partial charge in [0.05, 0.1) is 12.5 Å². The molecule has 5 heteroatoms. The molecule has 1 atom stereocenters. The summed E-state index contributed by atoms with van der Waals surface area (Å²) in [6.45, 7) is 3.12. The third-order valence-corrected chi connectivity index (χ3v) is 3.78. The molecule has 0 spiro atoms. The second kappa shape index (κ2) is 4.57. The topological polar surface area (TPSA) is 43.9 Å². The van der Waals surface area contributed by atoms with Gasteiger partial charge in [0.15, 0.2) is 0 Å². The van der Waals surface area contributed by atoms with E-state index < -0.39 is 0 Å². The molecule has 3 rings (SSSR count). The van der Waals surface area contributed by atoms with Crippen molar-refractivity contribution in [2.24, 2.45) is 0 Å². The zero-order valence-corrected chi connectivity index (χ0v) is 11.0. The van der Waals surface area contributed by atoms with Crippen molar-refractivity contribution >= 4 is 17.6 Å². The molecule has 0 radical (unpaired) electrons. The van der Waals surface area contributed by atoms with Crippen LogP contribution in [-0.2, 0) is 4.79 Å². The van der Waals surface area contributed by atoms with Crippen LogP contribution in [0.25, 0.3) is 0 Å². The Kier molecular flexibility index (Phi) is 2.89. The van der Waals surface area contributed by atoms with Crippen LogP contribution >= 0.6 is 0 Å². The highest BCUT2D eigenvalue weighted by Crippen LogP contribution is 2.30. The van der Waals surface area contributed by atoms with Crippen LogP contribution in [0.3, 0.4) is 0 Å². The SMILES string of the molecule is CCN1C(=O)CC2CCN(c3ccccc3)C(=O)N21. The minimum atomic E-state index is -0.0878. The first-order valence-corrected chi connectivity index (χ1v) is 6.68. The van der Waals surface area contributed by atoms with Crippen molar-refractivity contribution in [1.29, 1.82) is 0 Å². The normalized spacial score (nSPS) is 23.0. The molecular formula is C14H17N3O2. The van der Waals surface area contributed by atoms with E-state index in [4.69, 9.17) is 0 Å². The van der Waals surface area contributed by atoms with Gasteiger partial charge < -0.3 is 0 Å². The van der Waals surface area contributed by atoms with E-state index in [9.17, 15) is 9.59 Å². The van der Waals surface area contributed by atoms with Crippen LogP contribution in [0.2, 0.25) is 0 Å². The molecule has 0 N–H and O–H groups in total. The van der Waals surface area contributed by atoms with Gasteiger partial charge in [-0.15, -0.1) is 0 Å². The number of rotatable bonds is 2. The Labute approximate surface area is 112 Å². The van der Waals surface area contributed by atoms with Crippen molar-refractivity contribution in [3.8, 4) is 0 Å². The van der Waals surface area contributed by atoms with Gasteiger partial charge in [0.25, 0.3) is 0 Å². The first-order valence-electron chi connectivity index (χ1n) is 6.68. The molecule has 5 nitrogen and oxygen atoms in total. The highest BCUT2D eigenvalue weighted by atomic mass is 16.2. The van der Waals surface area contributed by atoms with Crippen LogP contribution in [0.1, 0.15) is 19.8 Å². The van der Waals surface area contributed by atoms with Gasteiger partial charge in [-0.1, -0.05) is 18.2 Å². The van der Waals surface area contributed by atoms with E-state index >= 15 is 0 Å². The lowest BCUT2D eigenvalue weighted by atomic mass is 10.1. The minimum Gasteiger partial charge on any atom is -0.293 e. The Balaban J connectivity index is 1.89. The summed E-state index contributed by atoms with van der Waals surface area (Å²) in [6, 6.07) is 9.56. The molecule has 1 unspecified atom stereocenters. The number of fused-ring (bicyclic) bond motifs is 1. The predicted octanol–water partition coefficient (Wildman–Crippen LogP) is 1.85. The highest BCUT2D eigenvalue weighted by Gasteiger charge is 2.45. The first-order chi connectivity index (χ1) is 9.22. The Morgan fingerprint density at radius 1 is 1.21 bits per heavy atom. The van der Waals surface area contributed by atoms with Gasteiger partial charge in [-0.2, -0.15) is 0 Å². The van der Waals surface area contributed by atoms with Crippen molar-refractivity contribution in [2.75, 3.05) is 18.0 Å². The summed E-state index contributed by atoms with van der Waals surface area (Å²) >= 11 is 0. The van der Waals surface area contributed by atoms with Crippen molar-refractivity contribution in [2.45, 2.75) is 25.8 Å². The van der Waals surface area contributed by atoms with E-state index in [1.165, 1.54) is 0 Å². The third kappa shape index (κ3) is 1.85. The molecule has 19 heavy (non-hydrogen) atoms. The van der Waals surface area contributed by atoms with Crippen LogP contribution < -0.4 is 4.90 Å². The lowest BCUT2D eigenvalue weighted by Gasteiger charge is -2.40. The zero-order valence-electron chi connectivity index (χ0n) is 11.0. The molecule has 3 amide bonds. The van der Waals surface area contributed by atoms with Crippen molar-refractivity contribution in [1.82, 2.24) is 10.0 Å². The van der Waals surface area contributed by atoms with E-state index in [0.717, 1.165) is 12.1 Å². The van der Waals surface area contributed by atoms with Crippen LogP contribution in [0, 0.1) is 0 Å². The first kappa shape index (κ1) is 12.0. The van der Waals surface area contributed by atoms with Crippen LogP contribution in [0.4, 0.5) is 10.5 Å². The number of hydrogen-bond donors (Lipinski definition) is 0. The number of amides is 3. The van der Waals surface area contributed by atoms with E-state index in [0.29, 0.717) is 19.5 Å². The van der Waals surface area contributed by atoms with Crippen LogP contribution in [0.15, 0.2) is 30.3 Å². The number of carbonyl (C=O) groups is 2. The summed E-state index contributed by atoms with van der Waals surface area (Å²) in [4.78, 5) is 26.2. The van der Waals surface area contributed by atoms with Crippen molar-refractivity contribution in [3.05, 3.63) is 30.3 Å². The average Bonchev–Trinajstić information content (AvgIpc) is 2.76. The number of hydrazine groups is 1. The average molecular weight is 259 g/mol. The molecule has 2 aliphatic heterocycles. The fraction of sp³-hybridized carbons (Fsp3) is 0.429. The zero-order chi connectivity index (χ0) is 13.4. The quantitative estimate of drug-likeness (QED) is 0.813. The maximum absolute atomic E-state index is 12.6. The summed E-state index contributed by atoms with van der Waals surface area (Å²) in [7, 11) is 0. The molecule has 1 aromatic carbocycles. The fourth-order valence-corrected chi connectivity index (χ4v) is 2.87. The summed E-state index contributed by atoms with van der Waals surface area (Å²) < 4.78 is 0. The molecule has 100 valence electrons. The maximum atomic E-state index is 12.6. The van der Waals surface area contributed by atoms with E-state index in [2.05, 4.69) is 0 Å². The van der Waals surface area contributed by atoms with Crippen LogP contribution in [-0.4, -0.2) is 41.1 Å². The molecule has 0 bridgehead atoms. The minimum absolute atomic E-state index is 0.0416. The van der Waals surface area contributed by atoms with Gasteiger partial charge >= 0.3 is 6.03 Å². The molecule has 2 heterocycles. The summed E-state index contributed by atoms with van der Waals surface area (Å²) in [5, 5.41) is 3.21. The molecule has 2 saturated heterocycles. The molecule has 0 aromatic heterocycles. The van der Waals surface area contributed by atoms with Crippen molar-refractivity contribution < 1.29 is 9.59 Å². The predicted molar refractivity (Wildman–Crippen MR) is 71.4 cm³/mol. The number of urea groups is 1. The van der Waals surface area contributed by atoms with Gasteiger partial charge in [0.1, 0.15) is 0 Å². The standard InChI is InChI=1S/C14H17N3O2/c1-2-16-13(18)10-12-8-9-15(14(19)17(12)16)11-6-4-3-5-7-11/h3-7,12H,2,8-10H2,1H3. The van der Waals surface area contributed by atoms with Gasteiger partial charge in [0, 0.05) is 18.8 Å². The molecule has 0 saturated carbocycles. The second-order valence-corrected chi connectivity index (χ2v) is 4.87. The fourth-order valence-electron chi connectivity index (χ4n) is 2.87. The monoisotopic (exact) mass is 259 g/mol. The third-order valence-electron chi connectivity index (χ3n) is 3.78. The largest absolute Gasteiger partial charge is 0.343 e.